The number of unbranched alkanes of at least 4 members (excludes halogenated alkanes) is 4. The highest BCUT2D eigenvalue weighted by molar-refractivity contribution is 6.07. The van der Waals surface area contributed by atoms with Crippen LogP contribution in [0, 0.1) is 5.92 Å². The molecule has 1 N–H and O–H groups in total. The predicted molar refractivity (Wildman–Crippen MR) is 94.2 cm³/mol. The molecule has 1 rings (SSSR count). The van der Waals surface area contributed by atoms with Crippen LogP contribution >= 0.6 is 0 Å². The predicted octanol–water partition coefficient (Wildman–Crippen LogP) is 5.01. The van der Waals surface area contributed by atoms with Crippen LogP contribution in [0.2, 0.25) is 0 Å². The van der Waals surface area contributed by atoms with E-state index in [-0.39, 0.29) is 18.1 Å². The summed E-state index contributed by atoms with van der Waals surface area (Å²) in [5.74, 6) is -0.496. The van der Waals surface area contributed by atoms with Crippen molar-refractivity contribution in [2.75, 3.05) is 0 Å². The minimum absolute atomic E-state index is 0.104. The number of carbonyl (C=O) groups is 2. The molecule has 0 bridgehead atoms. The minimum Gasteiger partial charge on any atom is -0.481 e. The molecule has 1 atom stereocenters. The Morgan fingerprint density at radius 3 is 2.70 bits per heavy atom. The van der Waals surface area contributed by atoms with Gasteiger partial charge in [0.05, 0.1) is 0 Å². The molecule has 0 saturated carbocycles. The molecule has 0 radical (unpaired) electrons. The van der Waals surface area contributed by atoms with Gasteiger partial charge in [0, 0.05) is 17.9 Å². The molecule has 0 amide bonds. The molecule has 0 aliphatic heterocycles. The number of allylic oxidation sites excluding steroid dienone is 8. The third-order valence-corrected chi connectivity index (χ3v) is 3.87. The summed E-state index contributed by atoms with van der Waals surface area (Å²) >= 11 is 0. The zero-order chi connectivity index (χ0) is 16.9. The summed E-state index contributed by atoms with van der Waals surface area (Å²) in [6.07, 6.45) is 20.9. The Labute approximate surface area is 139 Å². The molecule has 0 aromatic carbocycles. The van der Waals surface area contributed by atoms with E-state index < -0.39 is 5.97 Å². The summed E-state index contributed by atoms with van der Waals surface area (Å²) in [6, 6.07) is 0. The van der Waals surface area contributed by atoms with Gasteiger partial charge in [-0.25, -0.2) is 0 Å². The van der Waals surface area contributed by atoms with Crippen LogP contribution in [0.4, 0.5) is 0 Å². The summed E-state index contributed by atoms with van der Waals surface area (Å²) in [5.41, 5.74) is 0.854. The van der Waals surface area contributed by atoms with E-state index in [9.17, 15) is 9.59 Å². The number of ketones is 1. The number of hydrogen-bond acceptors (Lipinski definition) is 2. The van der Waals surface area contributed by atoms with Crippen molar-refractivity contribution < 1.29 is 14.7 Å². The second-order valence-corrected chi connectivity index (χ2v) is 5.87. The third-order valence-electron chi connectivity index (χ3n) is 3.87. The Morgan fingerprint density at radius 2 is 1.96 bits per heavy atom. The van der Waals surface area contributed by atoms with Gasteiger partial charge >= 0.3 is 5.97 Å². The lowest BCUT2D eigenvalue weighted by Crippen LogP contribution is -2.01. The quantitative estimate of drug-likeness (QED) is 0.331. The van der Waals surface area contributed by atoms with Crippen molar-refractivity contribution in [2.45, 2.75) is 58.3 Å². The molecule has 1 aliphatic carbocycles. The van der Waals surface area contributed by atoms with Crippen LogP contribution in [0.15, 0.2) is 48.1 Å². The fourth-order valence-corrected chi connectivity index (χ4v) is 2.51. The summed E-state index contributed by atoms with van der Waals surface area (Å²) in [4.78, 5) is 22.3. The Balaban J connectivity index is 2.38. The van der Waals surface area contributed by atoms with Gasteiger partial charge in [0.25, 0.3) is 0 Å². The van der Waals surface area contributed by atoms with Gasteiger partial charge in [0.2, 0.25) is 0 Å². The van der Waals surface area contributed by atoms with Crippen LogP contribution in [0.1, 0.15) is 58.3 Å². The molecule has 3 nitrogen and oxygen atoms in total. The number of carboxylic acid groups (broad SMARTS) is 1. The van der Waals surface area contributed by atoms with Gasteiger partial charge in [-0.2, -0.15) is 0 Å². The largest absolute Gasteiger partial charge is 0.481 e. The molecule has 0 aromatic rings. The highest BCUT2D eigenvalue weighted by atomic mass is 16.4. The van der Waals surface area contributed by atoms with E-state index in [0.717, 1.165) is 24.8 Å². The standard InChI is InChI=1S/C20H28O3/c1-2-3-4-5-6-10-13-18-17(15-16-19(18)21)12-9-7-8-11-14-20(22)23/h6-7,9-10,13,15-17H,2-5,8,11-12,14H2,1H3,(H,22,23)/b9-7+,10-6+,18-13-/t17-/m0/s1. The molecule has 0 heterocycles. The third kappa shape index (κ3) is 8.34. The van der Waals surface area contributed by atoms with Crippen molar-refractivity contribution in [1.82, 2.24) is 0 Å². The van der Waals surface area contributed by atoms with Gasteiger partial charge in [-0.3, -0.25) is 9.59 Å². The lowest BCUT2D eigenvalue weighted by molar-refractivity contribution is -0.137. The van der Waals surface area contributed by atoms with E-state index in [1.54, 1.807) is 6.08 Å². The average molecular weight is 316 g/mol. The van der Waals surface area contributed by atoms with Crippen LogP contribution in [0.3, 0.4) is 0 Å². The number of carboxylic acids is 1. The first kappa shape index (κ1) is 19.1. The second-order valence-electron chi connectivity index (χ2n) is 5.87. The van der Waals surface area contributed by atoms with Crippen molar-refractivity contribution in [2.24, 2.45) is 5.92 Å². The normalized spacial score (nSPS) is 19.6. The zero-order valence-electron chi connectivity index (χ0n) is 14.0. The topological polar surface area (TPSA) is 54.4 Å². The van der Waals surface area contributed by atoms with E-state index in [2.05, 4.69) is 13.0 Å². The Bertz CT molecular complexity index is 495. The Hall–Kier alpha value is -1.90. The van der Waals surface area contributed by atoms with Crippen molar-refractivity contribution in [3.8, 4) is 0 Å². The molecule has 23 heavy (non-hydrogen) atoms. The van der Waals surface area contributed by atoms with Crippen LogP contribution in [-0.4, -0.2) is 16.9 Å². The van der Waals surface area contributed by atoms with Crippen molar-refractivity contribution in [3.05, 3.63) is 48.1 Å². The summed E-state index contributed by atoms with van der Waals surface area (Å²) in [7, 11) is 0. The average Bonchev–Trinajstić information content (AvgIpc) is 2.86. The van der Waals surface area contributed by atoms with Gasteiger partial charge in [-0.15, -0.1) is 0 Å². The first-order chi connectivity index (χ1) is 11.1. The summed E-state index contributed by atoms with van der Waals surface area (Å²) in [5, 5.41) is 8.57. The molecule has 126 valence electrons. The fraction of sp³-hybridized carbons (Fsp3) is 0.500. The van der Waals surface area contributed by atoms with Gasteiger partial charge in [0.1, 0.15) is 0 Å². The van der Waals surface area contributed by atoms with Crippen LogP contribution in [0.5, 0.6) is 0 Å². The van der Waals surface area contributed by atoms with Crippen LogP contribution in [-0.2, 0) is 9.59 Å². The lowest BCUT2D eigenvalue weighted by Gasteiger charge is -2.06. The van der Waals surface area contributed by atoms with Gasteiger partial charge < -0.3 is 5.11 Å². The first-order valence-corrected chi connectivity index (χ1v) is 8.61. The number of hydrogen-bond donors (Lipinski definition) is 1. The smallest absolute Gasteiger partial charge is 0.303 e. The van der Waals surface area contributed by atoms with Crippen molar-refractivity contribution >= 4 is 11.8 Å². The maximum absolute atomic E-state index is 11.9. The zero-order valence-corrected chi connectivity index (χ0v) is 14.0. The van der Waals surface area contributed by atoms with E-state index in [1.165, 1.54) is 19.3 Å². The van der Waals surface area contributed by atoms with Crippen molar-refractivity contribution in [1.29, 1.82) is 0 Å². The minimum atomic E-state index is -0.751. The second kappa shape index (κ2) is 11.6. The molecule has 0 unspecified atom stereocenters. The van der Waals surface area contributed by atoms with Gasteiger partial charge in [-0.1, -0.05) is 56.2 Å². The first-order valence-electron chi connectivity index (χ1n) is 8.61. The molecule has 1 aliphatic rings. The fourth-order valence-electron chi connectivity index (χ4n) is 2.51. The number of carbonyl (C=O) groups excluding carboxylic acids is 1. The SMILES string of the molecule is CCCCC/C=C/C=C1\C(=O)C=C[C@@H]1C/C=C/CCCC(=O)O. The molecule has 0 spiro atoms. The maximum atomic E-state index is 11.9. The van der Waals surface area contributed by atoms with Gasteiger partial charge in [0.15, 0.2) is 5.78 Å². The van der Waals surface area contributed by atoms with Crippen LogP contribution in [0.25, 0.3) is 0 Å². The summed E-state index contributed by atoms with van der Waals surface area (Å²) in [6.45, 7) is 2.19. The molecule has 0 fully saturated rings. The van der Waals surface area contributed by atoms with E-state index in [1.807, 2.05) is 30.4 Å². The maximum Gasteiger partial charge on any atom is 0.303 e. The number of rotatable bonds is 11. The molecule has 0 aromatic heterocycles. The highest BCUT2D eigenvalue weighted by Crippen LogP contribution is 2.25. The van der Waals surface area contributed by atoms with E-state index in [4.69, 9.17) is 5.11 Å². The lowest BCUT2D eigenvalue weighted by atomic mass is 9.97. The Kier molecular flexibility index (Phi) is 9.69. The monoisotopic (exact) mass is 316 g/mol. The molecule has 3 heteroatoms. The summed E-state index contributed by atoms with van der Waals surface area (Å²) < 4.78 is 0. The van der Waals surface area contributed by atoms with Gasteiger partial charge in [-0.05, 0) is 38.2 Å². The number of aliphatic carboxylic acids is 1. The van der Waals surface area contributed by atoms with Crippen molar-refractivity contribution in [3.63, 3.8) is 0 Å². The Morgan fingerprint density at radius 1 is 1.17 bits per heavy atom. The molecular weight excluding hydrogens is 288 g/mol. The molecular formula is C20H28O3. The van der Waals surface area contributed by atoms with Crippen LogP contribution < -0.4 is 0 Å². The molecule has 0 saturated heterocycles. The highest BCUT2D eigenvalue weighted by Gasteiger charge is 2.20. The van der Waals surface area contributed by atoms with E-state index in [0.29, 0.717) is 6.42 Å². The van der Waals surface area contributed by atoms with E-state index >= 15 is 0 Å².